The lowest BCUT2D eigenvalue weighted by Crippen LogP contribution is -2.82. The highest BCUT2D eigenvalue weighted by molar-refractivity contribution is 6.06. The molecule has 4 saturated heterocycles. The minimum Gasteiger partial charge on any atom is -0.392 e. The molecule has 4 aliphatic rings. The van der Waals surface area contributed by atoms with E-state index >= 15 is 0 Å². The van der Waals surface area contributed by atoms with Gasteiger partial charge in [-0.2, -0.15) is 0 Å². The molecule has 150 valence electrons. The fraction of sp³-hybridized carbons (Fsp3) is 0.842. The lowest BCUT2D eigenvalue weighted by molar-refractivity contribution is -0.181. The fourth-order valence-electron chi connectivity index (χ4n) is 5.05. The van der Waals surface area contributed by atoms with E-state index in [-0.39, 0.29) is 17.7 Å². The number of hydrogen-bond acceptors (Lipinski definition) is 6. The number of aliphatic hydroxyl groups is 1. The molecule has 8 nitrogen and oxygen atoms in total. The lowest BCUT2D eigenvalue weighted by Gasteiger charge is -2.59. The topological polar surface area (TPSA) is 84.4 Å². The summed E-state index contributed by atoms with van der Waals surface area (Å²) in [5.74, 6) is -0.139. The van der Waals surface area contributed by atoms with E-state index in [9.17, 15) is 19.5 Å². The van der Waals surface area contributed by atoms with Gasteiger partial charge in [0.25, 0.3) is 5.91 Å². The summed E-state index contributed by atoms with van der Waals surface area (Å²) >= 11 is 0. The van der Waals surface area contributed by atoms with E-state index in [1.807, 2.05) is 9.80 Å². The zero-order valence-corrected chi connectivity index (χ0v) is 16.3. The highest BCUT2D eigenvalue weighted by atomic mass is 16.3. The van der Waals surface area contributed by atoms with Gasteiger partial charge in [0.05, 0.1) is 12.1 Å². The predicted octanol–water partition coefficient (Wildman–Crippen LogP) is -0.734. The zero-order valence-electron chi connectivity index (χ0n) is 16.3. The number of β-amino-alcohol motifs (C(OH)–C–C–N with tert-alkyl or cyclic N) is 1. The molecular formula is C19H30N4O4. The second-order valence-corrected chi connectivity index (χ2v) is 8.72. The van der Waals surface area contributed by atoms with Crippen LogP contribution >= 0.6 is 0 Å². The maximum Gasteiger partial charge on any atom is 0.252 e. The number of amides is 3. The van der Waals surface area contributed by atoms with Gasteiger partial charge >= 0.3 is 0 Å². The highest BCUT2D eigenvalue weighted by Crippen LogP contribution is 2.41. The van der Waals surface area contributed by atoms with Crippen LogP contribution in [0.3, 0.4) is 0 Å². The molecule has 0 radical (unpaired) electrons. The standard InChI is InChI=1S/C19H30N4O4/c1-13(2)21-11-19(12-21)18(27)22(8-4-7-20-6-3-5-16(20)25)17(26)15-9-14(24)10-23(15)19/h13-15,24H,3-12H2,1-2H3/t14-,15+/m1/s1. The Bertz CT molecular complexity index is 646. The van der Waals surface area contributed by atoms with Crippen molar-refractivity contribution in [2.45, 2.75) is 63.3 Å². The summed E-state index contributed by atoms with van der Waals surface area (Å²) in [5.41, 5.74) is -0.677. The monoisotopic (exact) mass is 378 g/mol. The number of carbonyl (C=O) groups is 3. The van der Waals surface area contributed by atoms with Crippen molar-refractivity contribution in [3.05, 3.63) is 0 Å². The minimum absolute atomic E-state index is 0.123. The van der Waals surface area contributed by atoms with Crippen molar-refractivity contribution in [2.75, 3.05) is 39.3 Å². The highest BCUT2D eigenvalue weighted by Gasteiger charge is 2.64. The molecule has 0 bridgehead atoms. The molecule has 4 heterocycles. The summed E-state index contributed by atoms with van der Waals surface area (Å²) in [6.07, 6.45) is 1.95. The van der Waals surface area contributed by atoms with Gasteiger partial charge in [0, 0.05) is 51.7 Å². The van der Waals surface area contributed by atoms with Crippen LogP contribution in [0, 0.1) is 0 Å². The van der Waals surface area contributed by atoms with Gasteiger partial charge in [0.15, 0.2) is 0 Å². The number of aliphatic hydroxyl groups excluding tert-OH is 1. The van der Waals surface area contributed by atoms with Crippen molar-refractivity contribution in [1.82, 2.24) is 19.6 Å². The van der Waals surface area contributed by atoms with Crippen LogP contribution in [0.15, 0.2) is 0 Å². The average Bonchev–Trinajstić information content (AvgIpc) is 3.15. The number of carbonyl (C=O) groups excluding carboxylic acids is 3. The van der Waals surface area contributed by atoms with Crippen LogP contribution in [0.2, 0.25) is 0 Å². The van der Waals surface area contributed by atoms with E-state index in [1.165, 1.54) is 4.90 Å². The molecule has 2 atom stereocenters. The fourth-order valence-corrected chi connectivity index (χ4v) is 5.05. The van der Waals surface area contributed by atoms with Crippen LogP contribution in [0.25, 0.3) is 0 Å². The molecule has 4 fully saturated rings. The van der Waals surface area contributed by atoms with Crippen LogP contribution in [0.5, 0.6) is 0 Å². The molecule has 0 saturated carbocycles. The van der Waals surface area contributed by atoms with E-state index in [4.69, 9.17) is 0 Å². The Hall–Kier alpha value is -1.51. The third-order valence-electron chi connectivity index (χ3n) is 6.66. The third kappa shape index (κ3) is 2.98. The maximum absolute atomic E-state index is 13.3. The number of rotatable bonds is 5. The number of fused-ring (bicyclic) bond motifs is 2. The molecule has 4 aliphatic heterocycles. The van der Waals surface area contributed by atoms with E-state index < -0.39 is 17.7 Å². The van der Waals surface area contributed by atoms with E-state index in [1.54, 1.807) is 0 Å². The number of imide groups is 1. The molecule has 8 heteroatoms. The van der Waals surface area contributed by atoms with Crippen molar-refractivity contribution >= 4 is 17.7 Å². The molecule has 1 N–H and O–H groups in total. The molecule has 0 unspecified atom stereocenters. The van der Waals surface area contributed by atoms with Crippen molar-refractivity contribution in [2.24, 2.45) is 0 Å². The van der Waals surface area contributed by atoms with Crippen LogP contribution in [-0.4, -0.2) is 105 Å². The molecule has 4 rings (SSSR count). The predicted molar refractivity (Wildman–Crippen MR) is 97.7 cm³/mol. The Morgan fingerprint density at radius 3 is 2.56 bits per heavy atom. The first kappa shape index (κ1) is 18.8. The second kappa shape index (κ2) is 6.83. The van der Waals surface area contributed by atoms with Crippen molar-refractivity contribution in [1.29, 1.82) is 0 Å². The van der Waals surface area contributed by atoms with Gasteiger partial charge in [-0.05, 0) is 33.1 Å². The molecule has 3 amide bonds. The Morgan fingerprint density at radius 1 is 1.19 bits per heavy atom. The van der Waals surface area contributed by atoms with Crippen LogP contribution in [0.4, 0.5) is 0 Å². The van der Waals surface area contributed by atoms with Gasteiger partial charge in [-0.15, -0.1) is 0 Å². The number of nitrogens with zero attached hydrogens (tertiary/aromatic N) is 4. The summed E-state index contributed by atoms with van der Waals surface area (Å²) in [6, 6.07) is -0.0536. The molecule has 0 aromatic heterocycles. The Morgan fingerprint density at radius 2 is 1.93 bits per heavy atom. The summed E-state index contributed by atoms with van der Waals surface area (Å²) < 4.78 is 0. The van der Waals surface area contributed by atoms with E-state index in [2.05, 4.69) is 18.7 Å². The normalized spacial score (nSPS) is 31.3. The van der Waals surface area contributed by atoms with Crippen molar-refractivity contribution in [3.63, 3.8) is 0 Å². The Kier molecular flexibility index (Phi) is 4.76. The molecule has 0 aromatic rings. The smallest absolute Gasteiger partial charge is 0.252 e. The van der Waals surface area contributed by atoms with Gasteiger partial charge in [-0.25, -0.2) is 0 Å². The van der Waals surface area contributed by atoms with Gasteiger partial charge in [0.1, 0.15) is 5.54 Å². The van der Waals surface area contributed by atoms with Gasteiger partial charge in [-0.1, -0.05) is 0 Å². The second-order valence-electron chi connectivity index (χ2n) is 8.72. The van der Waals surface area contributed by atoms with Crippen LogP contribution < -0.4 is 0 Å². The number of hydrogen-bond donors (Lipinski definition) is 1. The minimum atomic E-state index is -0.677. The summed E-state index contributed by atoms with van der Waals surface area (Å²) in [6.45, 7) is 7.55. The van der Waals surface area contributed by atoms with Crippen molar-refractivity contribution in [3.8, 4) is 0 Å². The largest absolute Gasteiger partial charge is 0.392 e. The number of likely N-dealkylation sites (tertiary alicyclic amines) is 2. The quantitative estimate of drug-likeness (QED) is 0.635. The first-order chi connectivity index (χ1) is 12.8. The SMILES string of the molecule is CC(C)N1CC2(C1)C(=O)N(CCCN1CCCC1=O)C(=O)[C@@H]1C[C@@H](O)CN12. The maximum atomic E-state index is 13.3. The zero-order chi connectivity index (χ0) is 19.3. The average molecular weight is 378 g/mol. The molecule has 27 heavy (non-hydrogen) atoms. The first-order valence-electron chi connectivity index (χ1n) is 10.2. The summed E-state index contributed by atoms with van der Waals surface area (Å²) in [5, 5.41) is 10.1. The van der Waals surface area contributed by atoms with Gasteiger partial charge in [-0.3, -0.25) is 29.1 Å². The Balaban J connectivity index is 1.47. The van der Waals surface area contributed by atoms with Gasteiger partial charge < -0.3 is 10.0 Å². The first-order valence-corrected chi connectivity index (χ1v) is 10.2. The van der Waals surface area contributed by atoms with E-state index in [0.717, 1.165) is 13.0 Å². The molecular weight excluding hydrogens is 348 g/mol. The Labute approximate surface area is 160 Å². The molecule has 0 aromatic carbocycles. The summed E-state index contributed by atoms with van der Waals surface area (Å²) in [4.78, 5) is 45.5. The molecule has 1 spiro atoms. The van der Waals surface area contributed by atoms with Crippen molar-refractivity contribution < 1.29 is 19.5 Å². The summed E-state index contributed by atoms with van der Waals surface area (Å²) in [7, 11) is 0. The van der Waals surface area contributed by atoms with Crippen LogP contribution in [0.1, 0.15) is 39.5 Å². The third-order valence-corrected chi connectivity index (χ3v) is 6.66. The van der Waals surface area contributed by atoms with E-state index in [0.29, 0.717) is 58.0 Å². The van der Waals surface area contributed by atoms with Gasteiger partial charge in [0.2, 0.25) is 11.8 Å². The van der Waals surface area contributed by atoms with Crippen LogP contribution in [-0.2, 0) is 14.4 Å². The number of piperazine rings is 1. The lowest BCUT2D eigenvalue weighted by atomic mass is 9.81. The molecule has 0 aliphatic carbocycles.